The van der Waals surface area contributed by atoms with Gasteiger partial charge in [-0.05, 0) is 38.2 Å². The summed E-state index contributed by atoms with van der Waals surface area (Å²) in [6.07, 6.45) is 5.26. The fourth-order valence-electron chi connectivity index (χ4n) is 2.90. The highest BCUT2D eigenvalue weighted by atomic mass is 16.5. The van der Waals surface area contributed by atoms with E-state index < -0.39 is 0 Å². The highest BCUT2D eigenvalue weighted by Crippen LogP contribution is 2.28. The van der Waals surface area contributed by atoms with Gasteiger partial charge in [0.1, 0.15) is 11.3 Å². The van der Waals surface area contributed by atoms with Crippen LogP contribution in [0.5, 0.6) is 5.75 Å². The quantitative estimate of drug-likeness (QED) is 0.908. The Morgan fingerprint density at radius 1 is 1.24 bits per heavy atom. The van der Waals surface area contributed by atoms with Crippen molar-refractivity contribution >= 4 is 16.9 Å². The minimum absolute atomic E-state index is 0.150. The number of aliphatic hydroxyl groups excluding tert-OH is 1. The standard InChI is InChI=1S/C16H21N3O2/c1-10-3-4-11-9-17-16(19-14(11)15(10)21-2)18-12-5-7-13(20)8-6-12/h3-4,9,12-13,20H,5-8H2,1-2H3,(H,17,18,19)/t12-,13-. The van der Waals surface area contributed by atoms with Gasteiger partial charge in [-0.2, -0.15) is 0 Å². The van der Waals surface area contributed by atoms with Crippen molar-refractivity contribution in [1.29, 1.82) is 0 Å². The van der Waals surface area contributed by atoms with Crippen molar-refractivity contribution in [3.63, 3.8) is 0 Å². The smallest absolute Gasteiger partial charge is 0.223 e. The number of fused-ring (bicyclic) bond motifs is 1. The van der Waals surface area contributed by atoms with E-state index in [1.54, 1.807) is 7.11 Å². The van der Waals surface area contributed by atoms with Crippen LogP contribution in [0.4, 0.5) is 5.95 Å². The van der Waals surface area contributed by atoms with E-state index >= 15 is 0 Å². The molecule has 1 aromatic heterocycles. The Kier molecular flexibility index (Phi) is 3.92. The lowest BCUT2D eigenvalue weighted by atomic mass is 9.93. The fraction of sp³-hybridized carbons (Fsp3) is 0.500. The molecule has 1 aromatic carbocycles. The number of aliphatic hydroxyl groups is 1. The Morgan fingerprint density at radius 2 is 2.00 bits per heavy atom. The number of methoxy groups -OCH3 is 1. The highest BCUT2D eigenvalue weighted by molar-refractivity contribution is 5.86. The van der Waals surface area contributed by atoms with E-state index in [-0.39, 0.29) is 6.10 Å². The van der Waals surface area contributed by atoms with Crippen LogP contribution in [0.2, 0.25) is 0 Å². The van der Waals surface area contributed by atoms with Gasteiger partial charge in [-0.25, -0.2) is 9.97 Å². The molecule has 1 aliphatic rings. The zero-order valence-corrected chi connectivity index (χ0v) is 12.5. The van der Waals surface area contributed by atoms with Gasteiger partial charge in [-0.1, -0.05) is 12.1 Å². The number of nitrogens with zero attached hydrogens (tertiary/aromatic N) is 2. The molecular weight excluding hydrogens is 266 g/mol. The summed E-state index contributed by atoms with van der Waals surface area (Å²) >= 11 is 0. The van der Waals surface area contributed by atoms with Gasteiger partial charge in [0.25, 0.3) is 0 Å². The van der Waals surface area contributed by atoms with Crippen LogP contribution in [0.25, 0.3) is 10.9 Å². The molecule has 112 valence electrons. The number of anilines is 1. The molecule has 0 unspecified atom stereocenters. The second-order valence-corrected chi connectivity index (χ2v) is 5.70. The normalized spacial score (nSPS) is 22.2. The Labute approximate surface area is 124 Å². The third kappa shape index (κ3) is 2.93. The van der Waals surface area contributed by atoms with Crippen molar-refractivity contribution in [3.05, 3.63) is 23.9 Å². The summed E-state index contributed by atoms with van der Waals surface area (Å²) in [5.74, 6) is 1.44. The SMILES string of the molecule is COc1c(C)ccc2cnc(N[C@H]3CC[C@H](O)CC3)nc12. The first-order valence-electron chi connectivity index (χ1n) is 7.42. The molecule has 0 radical (unpaired) electrons. The first kappa shape index (κ1) is 14.1. The van der Waals surface area contributed by atoms with Crippen LogP contribution in [0.1, 0.15) is 31.2 Å². The van der Waals surface area contributed by atoms with E-state index in [4.69, 9.17) is 4.74 Å². The maximum Gasteiger partial charge on any atom is 0.223 e. The summed E-state index contributed by atoms with van der Waals surface area (Å²) < 4.78 is 5.47. The Bertz CT molecular complexity index is 637. The van der Waals surface area contributed by atoms with E-state index in [1.165, 1.54) is 0 Å². The minimum atomic E-state index is -0.150. The second kappa shape index (κ2) is 5.85. The molecule has 5 nitrogen and oxygen atoms in total. The predicted octanol–water partition coefficient (Wildman–Crippen LogP) is 2.66. The van der Waals surface area contributed by atoms with E-state index in [2.05, 4.69) is 15.3 Å². The van der Waals surface area contributed by atoms with E-state index in [9.17, 15) is 5.11 Å². The van der Waals surface area contributed by atoms with Crippen LogP contribution in [0.3, 0.4) is 0 Å². The van der Waals surface area contributed by atoms with E-state index in [0.29, 0.717) is 12.0 Å². The van der Waals surface area contributed by atoms with Crippen LogP contribution in [-0.4, -0.2) is 34.3 Å². The van der Waals surface area contributed by atoms with Crippen LogP contribution in [0, 0.1) is 6.92 Å². The van der Waals surface area contributed by atoms with Crippen LogP contribution >= 0.6 is 0 Å². The topological polar surface area (TPSA) is 67.3 Å². The Balaban J connectivity index is 1.86. The lowest BCUT2D eigenvalue weighted by Crippen LogP contribution is -2.28. The Hall–Kier alpha value is -1.88. The van der Waals surface area contributed by atoms with Crippen molar-refractivity contribution in [2.45, 2.75) is 44.8 Å². The number of nitrogens with one attached hydrogen (secondary N) is 1. The molecule has 2 aromatic rings. The maximum absolute atomic E-state index is 9.56. The van der Waals surface area contributed by atoms with Crippen molar-refractivity contribution in [3.8, 4) is 5.75 Å². The van der Waals surface area contributed by atoms with Gasteiger partial charge in [0.05, 0.1) is 13.2 Å². The predicted molar refractivity (Wildman–Crippen MR) is 82.7 cm³/mol. The number of aromatic nitrogens is 2. The summed E-state index contributed by atoms with van der Waals surface area (Å²) in [6, 6.07) is 4.36. The second-order valence-electron chi connectivity index (χ2n) is 5.70. The van der Waals surface area contributed by atoms with Crippen molar-refractivity contribution in [1.82, 2.24) is 9.97 Å². The summed E-state index contributed by atoms with van der Waals surface area (Å²) in [5, 5.41) is 13.9. The van der Waals surface area contributed by atoms with E-state index in [1.807, 2.05) is 25.3 Å². The van der Waals surface area contributed by atoms with Gasteiger partial charge in [0, 0.05) is 17.6 Å². The van der Waals surface area contributed by atoms with Gasteiger partial charge in [0.2, 0.25) is 5.95 Å². The van der Waals surface area contributed by atoms with Gasteiger partial charge < -0.3 is 15.2 Å². The molecule has 1 aliphatic carbocycles. The van der Waals surface area contributed by atoms with Crippen LogP contribution in [0.15, 0.2) is 18.3 Å². The maximum atomic E-state index is 9.56. The first-order valence-corrected chi connectivity index (χ1v) is 7.42. The Morgan fingerprint density at radius 3 is 2.71 bits per heavy atom. The molecule has 1 saturated carbocycles. The van der Waals surface area contributed by atoms with Gasteiger partial charge in [-0.3, -0.25) is 0 Å². The summed E-state index contributed by atoms with van der Waals surface area (Å²) in [6.45, 7) is 2.01. The molecule has 5 heteroatoms. The summed E-state index contributed by atoms with van der Waals surface area (Å²) in [5.41, 5.74) is 1.90. The van der Waals surface area contributed by atoms with Crippen molar-refractivity contribution in [2.75, 3.05) is 12.4 Å². The molecule has 0 bridgehead atoms. The number of rotatable bonds is 3. The lowest BCUT2D eigenvalue weighted by Gasteiger charge is -2.26. The van der Waals surface area contributed by atoms with Gasteiger partial charge in [0.15, 0.2) is 0 Å². The van der Waals surface area contributed by atoms with Crippen molar-refractivity contribution in [2.24, 2.45) is 0 Å². The number of hydrogen-bond acceptors (Lipinski definition) is 5. The average molecular weight is 287 g/mol. The average Bonchev–Trinajstić information content (AvgIpc) is 2.49. The molecule has 0 saturated heterocycles. The number of hydrogen-bond donors (Lipinski definition) is 2. The molecular formula is C16H21N3O2. The molecule has 0 aliphatic heterocycles. The summed E-state index contributed by atoms with van der Waals surface area (Å²) in [4.78, 5) is 9.00. The fourth-order valence-corrected chi connectivity index (χ4v) is 2.90. The number of ether oxygens (including phenoxy) is 1. The third-order valence-electron chi connectivity index (χ3n) is 4.14. The zero-order chi connectivity index (χ0) is 14.8. The van der Waals surface area contributed by atoms with Gasteiger partial charge in [-0.15, -0.1) is 0 Å². The number of benzene rings is 1. The highest BCUT2D eigenvalue weighted by Gasteiger charge is 2.20. The number of aryl methyl sites for hydroxylation is 1. The monoisotopic (exact) mass is 287 g/mol. The first-order chi connectivity index (χ1) is 10.2. The minimum Gasteiger partial charge on any atom is -0.494 e. The van der Waals surface area contributed by atoms with Gasteiger partial charge >= 0.3 is 0 Å². The molecule has 1 heterocycles. The van der Waals surface area contributed by atoms with Crippen LogP contribution in [-0.2, 0) is 0 Å². The lowest BCUT2D eigenvalue weighted by molar-refractivity contribution is 0.126. The molecule has 1 fully saturated rings. The molecule has 2 N–H and O–H groups in total. The third-order valence-corrected chi connectivity index (χ3v) is 4.14. The van der Waals surface area contributed by atoms with Crippen molar-refractivity contribution < 1.29 is 9.84 Å². The molecule has 0 amide bonds. The molecule has 21 heavy (non-hydrogen) atoms. The molecule has 0 atom stereocenters. The van der Waals surface area contributed by atoms with Crippen LogP contribution < -0.4 is 10.1 Å². The summed E-state index contributed by atoms with van der Waals surface area (Å²) in [7, 11) is 1.67. The molecule has 0 spiro atoms. The zero-order valence-electron chi connectivity index (χ0n) is 12.5. The molecule has 3 rings (SSSR count). The van der Waals surface area contributed by atoms with E-state index in [0.717, 1.165) is 47.9 Å². The largest absolute Gasteiger partial charge is 0.494 e.